The zero-order valence-electron chi connectivity index (χ0n) is 10.0. The van der Waals surface area contributed by atoms with Crippen molar-refractivity contribution in [3.8, 4) is 5.75 Å². The van der Waals surface area contributed by atoms with Gasteiger partial charge in [-0.3, -0.25) is 4.79 Å². The molecule has 0 atom stereocenters. The molecule has 18 heavy (non-hydrogen) atoms. The van der Waals surface area contributed by atoms with E-state index in [0.717, 1.165) is 0 Å². The van der Waals surface area contributed by atoms with Crippen molar-refractivity contribution in [1.82, 2.24) is 5.32 Å². The number of ether oxygens (including phenoxy) is 1. The lowest BCUT2D eigenvalue weighted by atomic mass is 10.3. The summed E-state index contributed by atoms with van der Waals surface area (Å²) >= 11 is 0. The van der Waals surface area contributed by atoms with E-state index in [9.17, 15) is 9.18 Å². The molecule has 1 aromatic rings. The van der Waals surface area contributed by atoms with Crippen molar-refractivity contribution in [1.29, 1.82) is 0 Å². The highest BCUT2D eigenvalue weighted by Gasteiger charge is 2.00. The first-order valence-corrected chi connectivity index (χ1v) is 5.57. The van der Waals surface area contributed by atoms with Gasteiger partial charge in [0.25, 0.3) is 0 Å². The molecule has 0 aliphatic heterocycles. The fourth-order valence-electron chi connectivity index (χ4n) is 1.28. The van der Waals surface area contributed by atoms with Crippen molar-refractivity contribution in [2.45, 2.75) is 12.8 Å². The van der Waals surface area contributed by atoms with Gasteiger partial charge in [0.15, 0.2) is 0 Å². The van der Waals surface area contributed by atoms with Crippen LogP contribution in [0, 0.1) is 5.82 Å². The molecule has 0 fully saturated rings. The summed E-state index contributed by atoms with van der Waals surface area (Å²) in [5.41, 5.74) is 5.25. The molecule has 1 rings (SSSR count). The van der Waals surface area contributed by atoms with Gasteiger partial charge in [0.1, 0.15) is 11.6 Å². The van der Waals surface area contributed by atoms with Crippen LogP contribution in [0.2, 0.25) is 0 Å². The first kappa shape index (κ1) is 16.7. The van der Waals surface area contributed by atoms with Gasteiger partial charge < -0.3 is 15.8 Å². The summed E-state index contributed by atoms with van der Waals surface area (Å²) in [5.74, 6) is 0.105. The molecular formula is C12H18ClFN2O2. The molecule has 0 unspecified atom stereocenters. The van der Waals surface area contributed by atoms with Gasteiger partial charge in [-0.25, -0.2) is 4.39 Å². The van der Waals surface area contributed by atoms with Gasteiger partial charge in [-0.05, 0) is 18.6 Å². The maximum absolute atomic E-state index is 12.8. The van der Waals surface area contributed by atoms with Crippen LogP contribution in [0.5, 0.6) is 5.75 Å². The zero-order chi connectivity index (χ0) is 12.5. The van der Waals surface area contributed by atoms with E-state index in [1.165, 1.54) is 12.1 Å². The van der Waals surface area contributed by atoms with Crippen molar-refractivity contribution in [2.24, 2.45) is 5.73 Å². The van der Waals surface area contributed by atoms with Crippen molar-refractivity contribution in [3.63, 3.8) is 0 Å². The number of halogens is 2. The molecule has 1 amide bonds. The average molecular weight is 277 g/mol. The Morgan fingerprint density at radius 1 is 1.44 bits per heavy atom. The minimum absolute atomic E-state index is 0. The SMILES string of the molecule is Cl.NCCNC(=O)CCCOc1cccc(F)c1. The van der Waals surface area contributed by atoms with E-state index in [0.29, 0.717) is 38.3 Å². The number of benzene rings is 1. The number of hydrogen-bond donors (Lipinski definition) is 2. The Kier molecular flexibility index (Phi) is 8.96. The summed E-state index contributed by atoms with van der Waals surface area (Å²) in [5, 5.41) is 2.66. The van der Waals surface area contributed by atoms with Gasteiger partial charge in [0.2, 0.25) is 5.91 Å². The molecule has 1 aromatic carbocycles. The number of amides is 1. The van der Waals surface area contributed by atoms with Crippen molar-refractivity contribution in [3.05, 3.63) is 30.1 Å². The monoisotopic (exact) mass is 276 g/mol. The Hall–Kier alpha value is -1.33. The topological polar surface area (TPSA) is 64.3 Å². The third kappa shape index (κ3) is 7.09. The predicted molar refractivity (Wildman–Crippen MR) is 70.4 cm³/mol. The van der Waals surface area contributed by atoms with E-state index in [1.807, 2.05) is 0 Å². The predicted octanol–water partition coefficient (Wildman–Crippen LogP) is 1.48. The maximum atomic E-state index is 12.8. The van der Waals surface area contributed by atoms with Crippen LogP contribution in [0.15, 0.2) is 24.3 Å². The van der Waals surface area contributed by atoms with Gasteiger partial charge in [-0.15, -0.1) is 12.4 Å². The Labute approximate surface area is 112 Å². The quantitative estimate of drug-likeness (QED) is 0.742. The van der Waals surface area contributed by atoms with Gasteiger partial charge in [0, 0.05) is 25.6 Å². The van der Waals surface area contributed by atoms with Crippen LogP contribution in [0.4, 0.5) is 4.39 Å². The molecule has 0 saturated carbocycles. The van der Waals surface area contributed by atoms with E-state index >= 15 is 0 Å². The van der Waals surface area contributed by atoms with Gasteiger partial charge in [-0.2, -0.15) is 0 Å². The first-order valence-electron chi connectivity index (χ1n) is 5.57. The van der Waals surface area contributed by atoms with E-state index in [1.54, 1.807) is 12.1 Å². The Morgan fingerprint density at radius 3 is 2.89 bits per heavy atom. The second-order valence-electron chi connectivity index (χ2n) is 3.55. The number of carbonyl (C=O) groups excluding carboxylic acids is 1. The molecule has 6 heteroatoms. The normalized spacial score (nSPS) is 9.44. The average Bonchev–Trinajstić information content (AvgIpc) is 2.32. The van der Waals surface area contributed by atoms with Crippen LogP contribution in [-0.4, -0.2) is 25.6 Å². The fourth-order valence-corrected chi connectivity index (χ4v) is 1.28. The minimum Gasteiger partial charge on any atom is -0.493 e. The first-order chi connectivity index (χ1) is 8.22. The van der Waals surface area contributed by atoms with Gasteiger partial charge in [-0.1, -0.05) is 6.07 Å². The third-order valence-corrected chi connectivity index (χ3v) is 2.08. The molecule has 0 aliphatic carbocycles. The second-order valence-corrected chi connectivity index (χ2v) is 3.55. The minimum atomic E-state index is -0.330. The van der Waals surface area contributed by atoms with E-state index in [2.05, 4.69) is 5.32 Å². The lowest BCUT2D eigenvalue weighted by Gasteiger charge is -2.06. The smallest absolute Gasteiger partial charge is 0.220 e. The lowest BCUT2D eigenvalue weighted by molar-refractivity contribution is -0.121. The fraction of sp³-hybridized carbons (Fsp3) is 0.417. The molecule has 0 aliphatic rings. The highest BCUT2D eigenvalue weighted by atomic mass is 35.5. The van der Waals surface area contributed by atoms with Crippen molar-refractivity contribution >= 4 is 18.3 Å². The molecule has 3 N–H and O–H groups in total. The molecule has 0 radical (unpaired) electrons. The highest BCUT2D eigenvalue weighted by Crippen LogP contribution is 2.12. The maximum Gasteiger partial charge on any atom is 0.220 e. The molecular weight excluding hydrogens is 259 g/mol. The van der Waals surface area contributed by atoms with Crippen molar-refractivity contribution < 1.29 is 13.9 Å². The number of nitrogens with two attached hydrogens (primary N) is 1. The van der Waals surface area contributed by atoms with Crippen LogP contribution in [0.1, 0.15) is 12.8 Å². The van der Waals surface area contributed by atoms with Gasteiger partial charge >= 0.3 is 0 Å². The number of nitrogens with one attached hydrogen (secondary N) is 1. The lowest BCUT2D eigenvalue weighted by Crippen LogP contribution is -2.29. The number of rotatable bonds is 7. The van der Waals surface area contributed by atoms with Crippen LogP contribution in [-0.2, 0) is 4.79 Å². The molecule has 0 saturated heterocycles. The zero-order valence-corrected chi connectivity index (χ0v) is 10.8. The third-order valence-electron chi connectivity index (χ3n) is 2.08. The standard InChI is InChI=1S/C12H17FN2O2.ClH/c13-10-3-1-4-11(9-10)17-8-2-5-12(16)15-7-6-14;/h1,3-4,9H,2,5-8,14H2,(H,15,16);1H. The van der Waals surface area contributed by atoms with E-state index < -0.39 is 0 Å². The van der Waals surface area contributed by atoms with Crippen LogP contribution >= 0.6 is 12.4 Å². The summed E-state index contributed by atoms with van der Waals surface area (Å²) in [6, 6.07) is 5.93. The molecule has 0 bridgehead atoms. The van der Waals surface area contributed by atoms with Crippen LogP contribution in [0.3, 0.4) is 0 Å². The summed E-state index contributed by atoms with van der Waals surface area (Å²) < 4.78 is 18.1. The van der Waals surface area contributed by atoms with E-state index in [-0.39, 0.29) is 24.1 Å². The number of hydrogen-bond acceptors (Lipinski definition) is 3. The van der Waals surface area contributed by atoms with Crippen molar-refractivity contribution in [2.75, 3.05) is 19.7 Å². The molecule has 0 aromatic heterocycles. The molecule has 0 spiro atoms. The summed E-state index contributed by atoms with van der Waals surface area (Å²) in [6.45, 7) is 1.31. The molecule has 102 valence electrons. The van der Waals surface area contributed by atoms with Crippen LogP contribution < -0.4 is 15.8 Å². The second kappa shape index (κ2) is 9.67. The Balaban J connectivity index is 0.00000289. The summed E-state index contributed by atoms with van der Waals surface area (Å²) in [6.07, 6.45) is 0.974. The molecule has 4 nitrogen and oxygen atoms in total. The Bertz CT molecular complexity index is 364. The Morgan fingerprint density at radius 2 is 2.22 bits per heavy atom. The summed E-state index contributed by atoms with van der Waals surface area (Å²) in [4.78, 5) is 11.2. The van der Waals surface area contributed by atoms with E-state index in [4.69, 9.17) is 10.5 Å². The van der Waals surface area contributed by atoms with Crippen LogP contribution in [0.25, 0.3) is 0 Å². The largest absolute Gasteiger partial charge is 0.493 e. The highest BCUT2D eigenvalue weighted by molar-refractivity contribution is 5.85. The summed E-state index contributed by atoms with van der Waals surface area (Å²) in [7, 11) is 0. The van der Waals surface area contributed by atoms with Gasteiger partial charge in [0.05, 0.1) is 6.61 Å². The molecule has 0 heterocycles. The number of carbonyl (C=O) groups is 1.